The zero-order chi connectivity index (χ0) is 21.4. The molecule has 0 atom stereocenters. The van der Waals surface area contributed by atoms with Gasteiger partial charge in [-0.2, -0.15) is 0 Å². The van der Waals surface area contributed by atoms with Gasteiger partial charge in [0.05, 0.1) is 19.9 Å². The highest BCUT2D eigenvalue weighted by Crippen LogP contribution is 2.39. The molecular formula is C22H28N4O3. The number of unbranched alkanes of at least 4 members (excludes halogenated alkanes) is 1. The maximum atomic E-state index is 12.5. The standard InChI is InChI=1S/C22H28N4O3/c1-5-6-12-26-22(27)21(25-2)20(24)16-9-7-8-15(19(16)23)17-13-14(28-3)10-11-18(17)29-4/h7-11,13H,2,5-6,12,23-24H2,1,3-4H3,(H,26,27)/b21-20+. The average Bonchev–Trinajstić information content (AvgIpc) is 2.74. The molecule has 2 aromatic rings. The van der Waals surface area contributed by atoms with Crippen LogP contribution in [-0.4, -0.2) is 33.4 Å². The van der Waals surface area contributed by atoms with Crippen molar-refractivity contribution in [2.75, 3.05) is 26.5 Å². The number of hydrogen-bond donors (Lipinski definition) is 3. The van der Waals surface area contributed by atoms with E-state index in [1.54, 1.807) is 32.4 Å². The summed E-state index contributed by atoms with van der Waals surface area (Å²) in [7, 11) is 3.17. The summed E-state index contributed by atoms with van der Waals surface area (Å²) in [5, 5.41) is 2.80. The summed E-state index contributed by atoms with van der Waals surface area (Å²) < 4.78 is 10.8. The van der Waals surface area contributed by atoms with Gasteiger partial charge in [0, 0.05) is 28.9 Å². The highest BCUT2D eigenvalue weighted by molar-refractivity contribution is 6.03. The third kappa shape index (κ3) is 4.87. The fourth-order valence-corrected chi connectivity index (χ4v) is 2.93. The predicted molar refractivity (Wildman–Crippen MR) is 118 cm³/mol. The molecule has 154 valence electrons. The van der Waals surface area contributed by atoms with E-state index < -0.39 is 0 Å². The van der Waals surface area contributed by atoms with Crippen molar-refractivity contribution in [3.63, 3.8) is 0 Å². The third-order valence-corrected chi connectivity index (χ3v) is 4.54. The van der Waals surface area contributed by atoms with Crippen molar-refractivity contribution >= 4 is 24.0 Å². The Morgan fingerprint density at radius 1 is 1.17 bits per heavy atom. The molecule has 0 aliphatic rings. The number of ether oxygens (including phenoxy) is 2. The zero-order valence-corrected chi connectivity index (χ0v) is 17.1. The van der Waals surface area contributed by atoms with Gasteiger partial charge in [-0.15, -0.1) is 0 Å². The highest BCUT2D eigenvalue weighted by Gasteiger charge is 2.18. The van der Waals surface area contributed by atoms with Crippen LogP contribution < -0.4 is 26.3 Å². The number of methoxy groups -OCH3 is 2. The molecule has 0 spiro atoms. The van der Waals surface area contributed by atoms with Crippen molar-refractivity contribution < 1.29 is 14.3 Å². The molecule has 7 nitrogen and oxygen atoms in total. The maximum absolute atomic E-state index is 12.5. The number of nitrogens with zero attached hydrogens (tertiary/aromatic N) is 1. The number of benzene rings is 2. The molecule has 0 radical (unpaired) electrons. The molecule has 5 N–H and O–H groups in total. The first kappa shape index (κ1) is 21.8. The second kappa shape index (κ2) is 10.2. The normalized spacial score (nSPS) is 11.4. The van der Waals surface area contributed by atoms with E-state index in [1.807, 2.05) is 25.1 Å². The van der Waals surface area contributed by atoms with Crippen molar-refractivity contribution in [1.29, 1.82) is 0 Å². The van der Waals surface area contributed by atoms with E-state index >= 15 is 0 Å². The Hall–Kier alpha value is -3.48. The lowest BCUT2D eigenvalue weighted by Gasteiger charge is -2.16. The van der Waals surface area contributed by atoms with Crippen LogP contribution in [0.4, 0.5) is 5.69 Å². The van der Waals surface area contributed by atoms with E-state index in [4.69, 9.17) is 20.9 Å². The van der Waals surface area contributed by atoms with E-state index in [2.05, 4.69) is 17.0 Å². The number of hydrogen-bond acceptors (Lipinski definition) is 6. The molecule has 7 heteroatoms. The van der Waals surface area contributed by atoms with Crippen LogP contribution in [0.1, 0.15) is 25.3 Å². The van der Waals surface area contributed by atoms with Gasteiger partial charge in [0.15, 0.2) is 5.70 Å². The Kier molecular flexibility index (Phi) is 7.65. The molecule has 0 aliphatic heterocycles. The number of para-hydroxylation sites is 1. The second-order valence-corrected chi connectivity index (χ2v) is 6.36. The summed E-state index contributed by atoms with van der Waals surface area (Å²) in [5.41, 5.74) is 15.3. The Morgan fingerprint density at radius 2 is 1.93 bits per heavy atom. The third-order valence-electron chi connectivity index (χ3n) is 4.54. The molecule has 0 bridgehead atoms. The molecule has 0 heterocycles. The fraction of sp³-hybridized carbons (Fsp3) is 0.273. The van der Waals surface area contributed by atoms with Crippen molar-refractivity contribution in [3.8, 4) is 22.6 Å². The lowest BCUT2D eigenvalue weighted by molar-refractivity contribution is -0.117. The lowest BCUT2D eigenvalue weighted by atomic mass is 9.97. The number of nitrogen functional groups attached to an aromatic ring is 1. The second-order valence-electron chi connectivity index (χ2n) is 6.36. The summed E-state index contributed by atoms with van der Waals surface area (Å²) in [6.45, 7) is 6.07. The van der Waals surface area contributed by atoms with E-state index in [0.717, 1.165) is 18.4 Å². The van der Waals surface area contributed by atoms with Crippen LogP contribution in [0.25, 0.3) is 16.8 Å². The number of carbonyl (C=O) groups is 1. The van der Waals surface area contributed by atoms with Crippen molar-refractivity contribution in [2.24, 2.45) is 10.7 Å². The van der Waals surface area contributed by atoms with Gasteiger partial charge >= 0.3 is 0 Å². The van der Waals surface area contributed by atoms with Crippen LogP contribution in [0, 0.1) is 0 Å². The van der Waals surface area contributed by atoms with Gasteiger partial charge in [0.2, 0.25) is 0 Å². The van der Waals surface area contributed by atoms with Gasteiger partial charge in [-0.3, -0.25) is 9.79 Å². The van der Waals surface area contributed by atoms with E-state index in [-0.39, 0.29) is 17.3 Å². The van der Waals surface area contributed by atoms with Crippen LogP contribution in [0.15, 0.2) is 47.1 Å². The number of rotatable bonds is 9. The van der Waals surface area contributed by atoms with E-state index in [1.165, 1.54) is 0 Å². The molecule has 0 saturated heterocycles. The fourth-order valence-electron chi connectivity index (χ4n) is 2.93. The minimum atomic E-state index is -0.380. The Labute approximate surface area is 171 Å². The number of carbonyl (C=O) groups excluding carboxylic acids is 1. The smallest absolute Gasteiger partial charge is 0.272 e. The molecule has 0 saturated carbocycles. The van der Waals surface area contributed by atoms with Gasteiger partial charge in [-0.1, -0.05) is 31.5 Å². The predicted octanol–water partition coefficient (Wildman–Crippen LogP) is 3.20. The summed E-state index contributed by atoms with van der Waals surface area (Å²) in [6.07, 6.45) is 1.83. The number of aliphatic imine (C=N–C) groups is 1. The summed E-state index contributed by atoms with van der Waals surface area (Å²) in [4.78, 5) is 16.3. The van der Waals surface area contributed by atoms with Gasteiger partial charge in [-0.05, 0) is 31.3 Å². The minimum Gasteiger partial charge on any atom is -0.497 e. The maximum Gasteiger partial charge on any atom is 0.272 e. The zero-order valence-electron chi connectivity index (χ0n) is 17.1. The summed E-state index contributed by atoms with van der Waals surface area (Å²) in [6, 6.07) is 10.8. The molecular weight excluding hydrogens is 368 g/mol. The topological polar surface area (TPSA) is 112 Å². The van der Waals surface area contributed by atoms with Gasteiger partial charge < -0.3 is 26.3 Å². The van der Waals surface area contributed by atoms with Crippen molar-refractivity contribution in [2.45, 2.75) is 19.8 Å². The van der Waals surface area contributed by atoms with Gasteiger partial charge in [-0.25, -0.2) is 0 Å². The molecule has 0 aliphatic carbocycles. The molecule has 29 heavy (non-hydrogen) atoms. The average molecular weight is 396 g/mol. The number of nitrogens with two attached hydrogens (primary N) is 2. The summed E-state index contributed by atoms with van der Waals surface area (Å²) in [5.74, 6) is 0.921. The molecule has 0 unspecified atom stereocenters. The van der Waals surface area contributed by atoms with Crippen LogP contribution in [0.5, 0.6) is 11.5 Å². The largest absolute Gasteiger partial charge is 0.497 e. The molecule has 0 fully saturated rings. The van der Waals surface area contributed by atoms with Crippen molar-refractivity contribution in [3.05, 3.63) is 47.7 Å². The van der Waals surface area contributed by atoms with Crippen LogP contribution in [0.2, 0.25) is 0 Å². The minimum absolute atomic E-state index is 0.0440. The van der Waals surface area contributed by atoms with Crippen molar-refractivity contribution in [1.82, 2.24) is 5.32 Å². The van der Waals surface area contributed by atoms with E-state index in [0.29, 0.717) is 34.9 Å². The van der Waals surface area contributed by atoms with Crippen LogP contribution in [-0.2, 0) is 4.79 Å². The molecule has 2 aromatic carbocycles. The Balaban J connectivity index is 2.54. The van der Waals surface area contributed by atoms with Gasteiger partial charge in [0.1, 0.15) is 11.5 Å². The lowest BCUT2D eigenvalue weighted by Crippen LogP contribution is -2.27. The van der Waals surface area contributed by atoms with Gasteiger partial charge in [0.25, 0.3) is 5.91 Å². The first-order valence-corrected chi connectivity index (χ1v) is 9.34. The number of anilines is 1. The monoisotopic (exact) mass is 396 g/mol. The molecule has 2 rings (SSSR count). The van der Waals surface area contributed by atoms with E-state index in [9.17, 15) is 4.79 Å². The SMILES string of the molecule is C=N/C(C(=O)NCCCC)=C(/N)c1cccc(-c2cc(OC)ccc2OC)c1N. The summed E-state index contributed by atoms with van der Waals surface area (Å²) >= 11 is 0. The van der Waals surface area contributed by atoms with Crippen LogP contribution >= 0.6 is 0 Å². The molecule has 1 amide bonds. The first-order valence-electron chi connectivity index (χ1n) is 9.34. The Morgan fingerprint density at radius 3 is 2.55 bits per heavy atom. The Bertz CT molecular complexity index is 922. The quantitative estimate of drug-likeness (QED) is 0.261. The first-order chi connectivity index (χ1) is 14.0. The van der Waals surface area contributed by atoms with Crippen LogP contribution in [0.3, 0.4) is 0 Å². The number of nitrogens with one attached hydrogen (secondary N) is 1. The number of amides is 1. The highest BCUT2D eigenvalue weighted by atomic mass is 16.5. The molecule has 0 aromatic heterocycles.